The summed E-state index contributed by atoms with van der Waals surface area (Å²) in [5.41, 5.74) is 1.08. The molecule has 2 heterocycles. The first-order chi connectivity index (χ1) is 8.93. The van der Waals surface area contributed by atoms with E-state index in [2.05, 4.69) is 9.97 Å². The smallest absolute Gasteiger partial charge is 0.317 e. The molecule has 0 N–H and O–H groups in total. The largest absolute Gasteiger partial charge is 0.468 e. The van der Waals surface area contributed by atoms with Gasteiger partial charge in [0.15, 0.2) is 0 Å². The van der Waals surface area contributed by atoms with Crippen LogP contribution in [0.2, 0.25) is 0 Å². The molecule has 0 radical (unpaired) electrons. The predicted octanol–water partition coefficient (Wildman–Crippen LogP) is 2.95. The normalized spacial score (nSPS) is 11.6. The monoisotopic (exact) mass is 296 g/mol. The Morgan fingerprint density at radius 1 is 1.26 bits per heavy atom. The molecular formula is C13H16N2O2S2. The van der Waals surface area contributed by atoms with Gasteiger partial charge in [-0.1, -0.05) is 0 Å². The lowest BCUT2D eigenvalue weighted by Gasteiger charge is -2.18. The molecule has 0 aliphatic rings. The first-order valence-electron chi connectivity index (χ1n) is 5.88. The quantitative estimate of drug-likeness (QED) is 0.814. The number of thiazole rings is 2. The Bertz CT molecular complexity index is 587. The second kappa shape index (κ2) is 5.38. The van der Waals surface area contributed by atoms with Gasteiger partial charge in [-0.25, -0.2) is 9.97 Å². The van der Waals surface area contributed by atoms with Crippen molar-refractivity contribution in [1.82, 2.24) is 9.97 Å². The number of rotatable bonds is 4. The van der Waals surface area contributed by atoms with Crippen molar-refractivity contribution in [2.24, 2.45) is 0 Å². The van der Waals surface area contributed by atoms with Crippen LogP contribution in [0.1, 0.15) is 35.3 Å². The number of carbonyl (C=O) groups excluding carboxylic acids is 1. The van der Waals surface area contributed by atoms with Gasteiger partial charge < -0.3 is 4.74 Å². The van der Waals surface area contributed by atoms with E-state index in [0.717, 1.165) is 27.8 Å². The molecule has 2 aromatic rings. The number of carbonyl (C=O) groups is 1. The number of methoxy groups -OCH3 is 1. The third-order valence-electron chi connectivity index (χ3n) is 2.86. The first-order valence-corrected chi connectivity index (χ1v) is 7.63. The summed E-state index contributed by atoms with van der Waals surface area (Å²) in [6.07, 6.45) is 0.723. The van der Waals surface area contributed by atoms with Crippen molar-refractivity contribution >= 4 is 28.6 Å². The van der Waals surface area contributed by atoms with Crippen LogP contribution in [0, 0.1) is 6.92 Å². The highest BCUT2D eigenvalue weighted by molar-refractivity contribution is 7.11. The molecule has 19 heavy (non-hydrogen) atoms. The van der Waals surface area contributed by atoms with Gasteiger partial charge in [0.25, 0.3) is 0 Å². The van der Waals surface area contributed by atoms with E-state index >= 15 is 0 Å². The van der Waals surface area contributed by atoms with Gasteiger partial charge >= 0.3 is 5.97 Å². The third-order valence-corrected chi connectivity index (χ3v) is 4.67. The molecule has 0 aliphatic carbocycles. The van der Waals surface area contributed by atoms with Crippen LogP contribution in [0.25, 0.3) is 0 Å². The Morgan fingerprint density at radius 2 is 1.89 bits per heavy atom. The molecule has 0 bridgehead atoms. The van der Waals surface area contributed by atoms with Gasteiger partial charge in [0.05, 0.1) is 29.2 Å². The number of ether oxygens (including phenoxy) is 1. The molecule has 102 valence electrons. The van der Waals surface area contributed by atoms with Crippen LogP contribution in [0.4, 0.5) is 0 Å². The van der Waals surface area contributed by atoms with E-state index in [4.69, 9.17) is 4.74 Å². The van der Waals surface area contributed by atoms with Crippen LogP contribution >= 0.6 is 22.7 Å². The first kappa shape index (κ1) is 14.1. The van der Waals surface area contributed by atoms with Crippen molar-refractivity contribution in [3.05, 3.63) is 32.2 Å². The minimum Gasteiger partial charge on any atom is -0.468 e. The molecule has 0 fully saturated rings. The number of nitrogens with zero attached hydrogens (tertiary/aromatic N) is 2. The van der Waals surface area contributed by atoms with Crippen molar-refractivity contribution in [2.75, 3.05) is 7.11 Å². The zero-order valence-electron chi connectivity index (χ0n) is 11.4. The fraction of sp³-hybridized carbons (Fsp3) is 0.462. The van der Waals surface area contributed by atoms with Crippen molar-refractivity contribution < 1.29 is 9.53 Å². The molecule has 2 aromatic heterocycles. The average molecular weight is 296 g/mol. The van der Waals surface area contributed by atoms with Gasteiger partial charge in [0.1, 0.15) is 5.41 Å². The maximum atomic E-state index is 11.7. The molecular weight excluding hydrogens is 280 g/mol. The summed E-state index contributed by atoms with van der Waals surface area (Å²) in [6, 6.07) is 0. The summed E-state index contributed by atoms with van der Waals surface area (Å²) in [5.74, 6) is -0.269. The van der Waals surface area contributed by atoms with E-state index in [1.54, 1.807) is 22.7 Å². The highest BCUT2D eigenvalue weighted by Gasteiger charge is 2.33. The summed E-state index contributed by atoms with van der Waals surface area (Å²) < 4.78 is 4.82. The van der Waals surface area contributed by atoms with Gasteiger partial charge in [-0.05, 0) is 20.8 Å². The van der Waals surface area contributed by atoms with Gasteiger partial charge in [-0.15, -0.1) is 22.7 Å². The van der Waals surface area contributed by atoms with Crippen LogP contribution in [-0.4, -0.2) is 23.0 Å². The summed E-state index contributed by atoms with van der Waals surface area (Å²) >= 11 is 3.19. The minimum absolute atomic E-state index is 0.269. The van der Waals surface area contributed by atoms with E-state index < -0.39 is 5.41 Å². The lowest BCUT2D eigenvalue weighted by Crippen LogP contribution is -2.30. The number of hydrogen-bond donors (Lipinski definition) is 0. The maximum Gasteiger partial charge on any atom is 0.317 e. The zero-order chi connectivity index (χ0) is 14.0. The Hall–Kier alpha value is -1.27. The molecule has 0 aromatic carbocycles. The van der Waals surface area contributed by atoms with Crippen molar-refractivity contribution in [2.45, 2.75) is 32.6 Å². The molecule has 0 amide bonds. The molecule has 0 saturated heterocycles. The molecule has 0 unspecified atom stereocenters. The van der Waals surface area contributed by atoms with Crippen molar-refractivity contribution in [3.8, 4) is 0 Å². The Morgan fingerprint density at radius 3 is 2.47 bits per heavy atom. The van der Waals surface area contributed by atoms with Crippen molar-refractivity contribution in [3.63, 3.8) is 0 Å². The molecule has 4 nitrogen and oxygen atoms in total. The van der Waals surface area contributed by atoms with Crippen LogP contribution in [0.5, 0.6) is 0 Å². The number of aryl methyl sites for hydroxylation is 1. The number of aromatic nitrogens is 2. The van der Waals surface area contributed by atoms with Crippen molar-refractivity contribution in [1.29, 1.82) is 0 Å². The topological polar surface area (TPSA) is 52.1 Å². The third kappa shape index (κ3) is 3.01. The van der Waals surface area contributed by atoms with E-state index in [1.807, 2.05) is 31.5 Å². The molecule has 0 saturated carbocycles. The Kier molecular flexibility index (Phi) is 4.01. The van der Waals surface area contributed by atoms with Crippen LogP contribution in [-0.2, 0) is 21.4 Å². The summed E-state index contributed by atoms with van der Waals surface area (Å²) in [7, 11) is 1.40. The summed E-state index contributed by atoms with van der Waals surface area (Å²) in [4.78, 5) is 20.7. The second-order valence-electron chi connectivity index (χ2n) is 4.80. The van der Waals surface area contributed by atoms with E-state index in [0.29, 0.717) is 0 Å². The van der Waals surface area contributed by atoms with Gasteiger partial charge in [-0.3, -0.25) is 4.79 Å². The molecule has 0 atom stereocenters. The van der Waals surface area contributed by atoms with Crippen LogP contribution in [0.15, 0.2) is 10.8 Å². The van der Waals surface area contributed by atoms with Gasteiger partial charge in [0.2, 0.25) is 0 Å². The standard InChI is InChI=1S/C13H16N2O2S2/c1-8-6-18-10(14-8)5-11-15-9(7-19-11)13(2,3)12(16)17-4/h6-7H,5H2,1-4H3. The lowest BCUT2D eigenvalue weighted by molar-refractivity contribution is -0.146. The Labute approximate surface area is 120 Å². The van der Waals surface area contributed by atoms with E-state index in [9.17, 15) is 4.79 Å². The molecule has 6 heteroatoms. The number of esters is 1. The van der Waals surface area contributed by atoms with Crippen LogP contribution < -0.4 is 0 Å². The second-order valence-corrected chi connectivity index (χ2v) is 6.69. The highest BCUT2D eigenvalue weighted by atomic mass is 32.1. The fourth-order valence-electron chi connectivity index (χ4n) is 1.65. The van der Waals surface area contributed by atoms with Gasteiger partial charge in [0, 0.05) is 16.5 Å². The van der Waals surface area contributed by atoms with Gasteiger partial charge in [-0.2, -0.15) is 0 Å². The van der Waals surface area contributed by atoms with Crippen LogP contribution in [0.3, 0.4) is 0 Å². The lowest BCUT2D eigenvalue weighted by atomic mass is 9.90. The summed E-state index contributed by atoms with van der Waals surface area (Å²) in [6.45, 7) is 5.63. The molecule has 2 rings (SSSR count). The molecule has 0 aliphatic heterocycles. The minimum atomic E-state index is -0.706. The fourth-order valence-corrected chi connectivity index (χ4v) is 3.49. The highest BCUT2D eigenvalue weighted by Crippen LogP contribution is 2.27. The predicted molar refractivity (Wildman–Crippen MR) is 76.8 cm³/mol. The summed E-state index contributed by atoms with van der Waals surface area (Å²) in [5, 5.41) is 5.98. The molecule has 0 spiro atoms. The Balaban J connectivity index is 2.17. The van der Waals surface area contributed by atoms with E-state index in [-0.39, 0.29) is 5.97 Å². The SMILES string of the molecule is COC(=O)C(C)(C)c1csc(Cc2nc(C)cs2)n1. The zero-order valence-corrected chi connectivity index (χ0v) is 13.0. The maximum absolute atomic E-state index is 11.7. The van der Waals surface area contributed by atoms with E-state index in [1.165, 1.54) is 7.11 Å². The average Bonchev–Trinajstić information content (AvgIpc) is 2.98. The number of hydrogen-bond acceptors (Lipinski definition) is 6.